The summed E-state index contributed by atoms with van der Waals surface area (Å²) in [6, 6.07) is 0.546. The molecule has 0 radical (unpaired) electrons. The van der Waals surface area contributed by atoms with Gasteiger partial charge in [0.2, 0.25) is 0 Å². The fourth-order valence-electron chi connectivity index (χ4n) is 2.50. The first-order valence-corrected chi connectivity index (χ1v) is 8.61. The molecule has 0 aromatic heterocycles. The van der Waals surface area contributed by atoms with Crippen LogP contribution in [0.5, 0.6) is 0 Å². The molecule has 0 bridgehead atoms. The zero-order valence-corrected chi connectivity index (χ0v) is 13.8. The molecule has 0 aromatic carbocycles. The molecule has 114 valence electrons. The molecular formula is C18H37N. The predicted octanol–water partition coefficient (Wildman–Crippen LogP) is 5.85. The van der Waals surface area contributed by atoms with Gasteiger partial charge in [0.05, 0.1) is 0 Å². The molecule has 0 heterocycles. The molecule has 0 saturated heterocycles. The normalized spacial score (nSPS) is 12.6. The van der Waals surface area contributed by atoms with Crippen LogP contribution in [-0.4, -0.2) is 12.6 Å². The Morgan fingerprint density at radius 3 is 1.84 bits per heavy atom. The Balaban J connectivity index is 3.37. The highest BCUT2D eigenvalue weighted by Gasteiger charge is 2.07. The lowest BCUT2D eigenvalue weighted by Gasteiger charge is -2.18. The Kier molecular flexibility index (Phi) is 13.9. The van der Waals surface area contributed by atoms with Crippen molar-refractivity contribution < 1.29 is 0 Å². The van der Waals surface area contributed by atoms with Gasteiger partial charge < -0.3 is 5.32 Å². The summed E-state index contributed by atoms with van der Waals surface area (Å²) in [4.78, 5) is 0. The Labute approximate surface area is 122 Å². The molecule has 0 aliphatic carbocycles. The van der Waals surface area contributed by atoms with Gasteiger partial charge in [-0.1, -0.05) is 83.8 Å². The molecule has 1 unspecified atom stereocenters. The summed E-state index contributed by atoms with van der Waals surface area (Å²) < 4.78 is 0. The minimum atomic E-state index is 0.546. The summed E-state index contributed by atoms with van der Waals surface area (Å²) in [5.74, 6) is 0. The van der Waals surface area contributed by atoms with E-state index < -0.39 is 0 Å². The van der Waals surface area contributed by atoms with E-state index in [1.54, 1.807) is 0 Å². The lowest BCUT2D eigenvalue weighted by molar-refractivity contribution is 0.491. The molecule has 0 spiro atoms. The number of rotatable bonds is 14. The smallest absolute Gasteiger partial charge is 0.0274 e. The maximum Gasteiger partial charge on any atom is 0.0274 e. The van der Waals surface area contributed by atoms with Crippen LogP contribution in [0, 0.1) is 0 Å². The maximum absolute atomic E-state index is 4.10. The molecule has 1 nitrogen and oxygen atoms in total. The highest BCUT2D eigenvalue weighted by molar-refractivity contribution is 5.01. The quantitative estimate of drug-likeness (QED) is 0.307. The molecule has 1 N–H and O–H groups in total. The summed E-state index contributed by atoms with van der Waals surface area (Å²) in [5, 5.41) is 3.59. The monoisotopic (exact) mass is 267 g/mol. The Hall–Kier alpha value is -0.300. The van der Waals surface area contributed by atoms with Crippen LogP contribution in [0.2, 0.25) is 0 Å². The van der Waals surface area contributed by atoms with Crippen LogP contribution < -0.4 is 5.32 Å². The van der Waals surface area contributed by atoms with E-state index in [9.17, 15) is 0 Å². The number of nitrogens with one attached hydrogen (secondary N) is 1. The van der Waals surface area contributed by atoms with Crippen LogP contribution in [-0.2, 0) is 0 Å². The lowest BCUT2D eigenvalue weighted by atomic mass is 10.0. The summed E-state index contributed by atoms with van der Waals surface area (Å²) >= 11 is 0. The maximum atomic E-state index is 4.10. The van der Waals surface area contributed by atoms with Crippen LogP contribution in [0.25, 0.3) is 0 Å². The minimum Gasteiger partial charge on any atom is -0.310 e. The van der Waals surface area contributed by atoms with Crippen LogP contribution in [0.3, 0.4) is 0 Å². The first-order chi connectivity index (χ1) is 9.22. The molecule has 0 aliphatic heterocycles. The van der Waals surface area contributed by atoms with Crippen molar-refractivity contribution in [3.63, 3.8) is 0 Å². The highest BCUT2D eigenvalue weighted by atomic mass is 14.9. The van der Waals surface area contributed by atoms with Gasteiger partial charge in [-0.25, -0.2) is 0 Å². The van der Waals surface area contributed by atoms with Crippen molar-refractivity contribution in [2.24, 2.45) is 0 Å². The van der Waals surface area contributed by atoms with Crippen molar-refractivity contribution in [3.05, 3.63) is 12.2 Å². The van der Waals surface area contributed by atoms with Gasteiger partial charge in [0.15, 0.2) is 0 Å². The third-order valence-electron chi connectivity index (χ3n) is 3.83. The second-order valence-corrected chi connectivity index (χ2v) is 5.97. The number of hydrogen-bond acceptors (Lipinski definition) is 1. The van der Waals surface area contributed by atoms with E-state index in [1.807, 2.05) is 0 Å². The van der Waals surface area contributed by atoms with E-state index in [-0.39, 0.29) is 0 Å². The molecule has 0 fully saturated rings. The van der Waals surface area contributed by atoms with E-state index in [0.29, 0.717) is 6.04 Å². The third-order valence-corrected chi connectivity index (χ3v) is 3.83. The molecular weight excluding hydrogens is 230 g/mol. The Morgan fingerprint density at radius 1 is 0.842 bits per heavy atom. The average Bonchev–Trinajstić information content (AvgIpc) is 2.39. The van der Waals surface area contributed by atoms with Gasteiger partial charge in [0.1, 0.15) is 0 Å². The summed E-state index contributed by atoms with van der Waals surface area (Å²) in [7, 11) is 0. The highest BCUT2D eigenvalue weighted by Crippen LogP contribution is 2.13. The molecule has 0 aromatic rings. The average molecular weight is 268 g/mol. The topological polar surface area (TPSA) is 12.0 Å². The van der Waals surface area contributed by atoms with Gasteiger partial charge in [0, 0.05) is 6.04 Å². The minimum absolute atomic E-state index is 0.546. The van der Waals surface area contributed by atoms with E-state index >= 15 is 0 Å². The fraction of sp³-hybridized carbons (Fsp3) is 0.889. The van der Waals surface area contributed by atoms with Gasteiger partial charge >= 0.3 is 0 Å². The summed E-state index contributed by atoms with van der Waals surface area (Å²) in [6.07, 6.45) is 15.2. The first kappa shape index (κ1) is 18.7. The van der Waals surface area contributed by atoms with Gasteiger partial charge in [0.25, 0.3) is 0 Å². The van der Waals surface area contributed by atoms with Crippen LogP contribution in [0.4, 0.5) is 0 Å². The first-order valence-electron chi connectivity index (χ1n) is 8.61. The van der Waals surface area contributed by atoms with Crippen molar-refractivity contribution in [2.45, 2.75) is 97.4 Å². The Morgan fingerprint density at radius 2 is 1.37 bits per heavy atom. The predicted molar refractivity (Wildman–Crippen MR) is 88.7 cm³/mol. The number of hydrogen-bond donors (Lipinski definition) is 1. The van der Waals surface area contributed by atoms with Gasteiger partial charge in [-0.15, -0.1) is 0 Å². The second kappa shape index (κ2) is 14.1. The van der Waals surface area contributed by atoms with Crippen LogP contribution in [0.1, 0.15) is 91.4 Å². The van der Waals surface area contributed by atoms with E-state index in [4.69, 9.17) is 0 Å². The van der Waals surface area contributed by atoms with Gasteiger partial charge in [-0.05, 0) is 26.3 Å². The third kappa shape index (κ3) is 12.5. The zero-order valence-electron chi connectivity index (χ0n) is 13.8. The van der Waals surface area contributed by atoms with Gasteiger partial charge in [-0.3, -0.25) is 0 Å². The summed E-state index contributed by atoms with van der Waals surface area (Å²) in [6.45, 7) is 11.9. The number of unbranched alkanes of at least 4 members (excludes halogenated alkanes) is 8. The van der Waals surface area contributed by atoms with E-state index in [1.165, 1.54) is 76.2 Å². The molecule has 1 heteroatoms. The molecule has 1 atom stereocenters. The van der Waals surface area contributed by atoms with Crippen molar-refractivity contribution >= 4 is 0 Å². The summed E-state index contributed by atoms with van der Waals surface area (Å²) in [5.41, 5.74) is 1.30. The van der Waals surface area contributed by atoms with Crippen molar-refractivity contribution in [2.75, 3.05) is 6.54 Å². The largest absolute Gasteiger partial charge is 0.310 e. The lowest BCUT2D eigenvalue weighted by Crippen LogP contribution is -2.30. The molecule has 0 rings (SSSR count). The van der Waals surface area contributed by atoms with Crippen LogP contribution >= 0.6 is 0 Å². The van der Waals surface area contributed by atoms with E-state index in [0.717, 1.165) is 6.54 Å². The van der Waals surface area contributed by atoms with E-state index in [2.05, 4.69) is 32.7 Å². The molecule has 0 amide bonds. The molecule has 0 saturated carbocycles. The molecule has 19 heavy (non-hydrogen) atoms. The van der Waals surface area contributed by atoms with Crippen LogP contribution in [0.15, 0.2) is 12.2 Å². The van der Waals surface area contributed by atoms with Crippen molar-refractivity contribution in [3.8, 4) is 0 Å². The molecule has 0 aliphatic rings. The SMILES string of the molecule is C=C(C)C(CCCCCCCCCCC)NCCC. The zero-order chi connectivity index (χ0) is 14.3. The van der Waals surface area contributed by atoms with Crippen molar-refractivity contribution in [1.29, 1.82) is 0 Å². The van der Waals surface area contributed by atoms with Gasteiger partial charge in [-0.2, -0.15) is 0 Å². The van der Waals surface area contributed by atoms with Crippen molar-refractivity contribution in [1.82, 2.24) is 5.32 Å². The fourth-order valence-corrected chi connectivity index (χ4v) is 2.50. The Bertz CT molecular complexity index is 198. The standard InChI is InChI=1S/C18H37N/c1-5-7-8-9-10-11-12-13-14-15-18(17(3)4)19-16-6-2/h18-19H,3,5-16H2,1-2,4H3. The second-order valence-electron chi connectivity index (χ2n) is 5.97.